The van der Waals surface area contributed by atoms with Crippen LogP contribution >= 0.6 is 22.9 Å². The number of H-pyrrole nitrogens is 1. The molecule has 1 N–H and O–H groups in total. The number of benzene rings is 1. The minimum absolute atomic E-state index is 0.0491. The van der Waals surface area contributed by atoms with Gasteiger partial charge < -0.3 is 9.40 Å². The first-order valence-electron chi connectivity index (χ1n) is 8.53. The monoisotopic (exact) mass is 399 g/mol. The molecule has 0 spiro atoms. The Hall–Kier alpha value is -2.41. The summed E-state index contributed by atoms with van der Waals surface area (Å²) in [5, 5.41) is 3.21. The third kappa shape index (κ3) is 3.56. The SMILES string of the molecule is C[C@@H](c1nc2scc(-c3ccco3)c2c(=O)[nH]1)N(C)Cc1ccc(Cl)cc1. The van der Waals surface area contributed by atoms with Gasteiger partial charge in [-0.15, -0.1) is 11.3 Å². The fraction of sp³-hybridized carbons (Fsp3) is 0.200. The van der Waals surface area contributed by atoms with Gasteiger partial charge in [-0.2, -0.15) is 0 Å². The van der Waals surface area contributed by atoms with Crippen LogP contribution in [-0.2, 0) is 6.54 Å². The van der Waals surface area contributed by atoms with Gasteiger partial charge in [0.1, 0.15) is 16.4 Å². The minimum atomic E-state index is -0.144. The van der Waals surface area contributed by atoms with Gasteiger partial charge in [0.05, 0.1) is 17.7 Å². The normalized spacial score (nSPS) is 12.7. The number of halogens is 1. The van der Waals surface area contributed by atoms with E-state index in [0.29, 0.717) is 21.8 Å². The number of hydrogen-bond donors (Lipinski definition) is 1. The molecule has 0 unspecified atom stereocenters. The van der Waals surface area contributed by atoms with E-state index in [-0.39, 0.29) is 11.6 Å². The van der Waals surface area contributed by atoms with Crippen molar-refractivity contribution in [2.75, 3.05) is 7.05 Å². The van der Waals surface area contributed by atoms with E-state index < -0.39 is 0 Å². The number of thiophene rings is 1. The molecular formula is C20H18ClN3O2S. The molecule has 0 aliphatic rings. The number of hydrogen-bond acceptors (Lipinski definition) is 5. The molecule has 0 aliphatic heterocycles. The topological polar surface area (TPSA) is 62.1 Å². The van der Waals surface area contributed by atoms with Gasteiger partial charge in [0.2, 0.25) is 0 Å². The zero-order valence-electron chi connectivity index (χ0n) is 14.9. The molecule has 0 saturated heterocycles. The Labute approximate surface area is 165 Å². The highest BCUT2D eigenvalue weighted by Gasteiger charge is 2.19. The van der Waals surface area contributed by atoms with Crippen molar-refractivity contribution in [3.8, 4) is 11.3 Å². The number of aromatic amines is 1. The molecule has 0 bridgehead atoms. The van der Waals surface area contributed by atoms with Crippen molar-refractivity contribution in [3.63, 3.8) is 0 Å². The summed E-state index contributed by atoms with van der Waals surface area (Å²) < 4.78 is 5.44. The van der Waals surface area contributed by atoms with Gasteiger partial charge in [0.25, 0.3) is 5.56 Å². The number of aromatic nitrogens is 2. The molecule has 0 amide bonds. The second-order valence-corrected chi connectivity index (χ2v) is 7.77. The van der Waals surface area contributed by atoms with Crippen molar-refractivity contribution in [1.82, 2.24) is 14.9 Å². The Morgan fingerprint density at radius 1 is 1.30 bits per heavy atom. The van der Waals surface area contributed by atoms with Crippen LogP contribution in [0.4, 0.5) is 0 Å². The first-order chi connectivity index (χ1) is 13.0. The summed E-state index contributed by atoms with van der Waals surface area (Å²) in [5.41, 5.74) is 1.78. The highest BCUT2D eigenvalue weighted by molar-refractivity contribution is 7.17. The quantitative estimate of drug-likeness (QED) is 0.507. The van der Waals surface area contributed by atoms with Crippen LogP contribution in [0.1, 0.15) is 24.4 Å². The largest absolute Gasteiger partial charge is 0.464 e. The lowest BCUT2D eigenvalue weighted by molar-refractivity contribution is 0.244. The number of nitrogens with one attached hydrogen (secondary N) is 1. The fourth-order valence-corrected chi connectivity index (χ4v) is 4.06. The van der Waals surface area contributed by atoms with Crippen LogP contribution in [0, 0.1) is 0 Å². The predicted molar refractivity (Wildman–Crippen MR) is 109 cm³/mol. The molecule has 0 radical (unpaired) electrons. The van der Waals surface area contributed by atoms with Crippen molar-refractivity contribution in [3.05, 3.63) is 74.8 Å². The molecule has 0 fully saturated rings. The highest BCUT2D eigenvalue weighted by Crippen LogP contribution is 2.31. The predicted octanol–water partition coefficient (Wildman–Crippen LogP) is 5.09. The van der Waals surface area contributed by atoms with Gasteiger partial charge in [-0.1, -0.05) is 23.7 Å². The zero-order chi connectivity index (χ0) is 19.0. The van der Waals surface area contributed by atoms with E-state index in [1.165, 1.54) is 11.3 Å². The molecule has 0 aliphatic carbocycles. The molecule has 4 rings (SSSR count). The number of furan rings is 1. The van der Waals surface area contributed by atoms with E-state index in [2.05, 4.69) is 9.88 Å². The van der Waals surface area contributed by atoms with Gasteiger partial charge >= 0.3 is 0 Å². The lowest BCUT2D eigenvalue weighted by Gasteiger charge is -2.24. The number of rotatable bonds is 5. The van der Waals surface area contributed by atoms with Crippen LogP contribution in [0.3, 0.4) is 0 Å². The van der Waals surface area contributed by atoms with Crippen LogP contribution < -0.4 is 5.56 Å². The minimum Gasteiger partial charge on any atom is -0.464 e. The third-order valence-electron chi connectivity index (χ3n) is 4.65. The van der Waals surface area contributed by atoms with E-state index in [1.54, 1.807) is 6.26 Å². The summed E-state index contributed by atoms with van der Waals surface area (Å²) in [6.45, 7) is 2.75. The van der Waals surface area contributed by atoms with Crippen molar-refractivity contribution in [2.45, 2.75) is 19.5 Å². The number of fused-ring (bicyclic) bond motifs is 1. The first-order valence-corrected chi connectivity index (χ1v) is 9.78. The lowest BCUT2D eigenvalue weighted by Crippen LogP contribution is -2.25. The first kappa shape index (κ1) is 18.0. The second kappa shape index (κ2) is 7.31. The molecule has 0 saturated carbocycles. The van der Waals surface area contributed by atoms with Crippen LogP contribution in [0.15, 0.2) is 57.3 Å². The second-order valence-electron chi connectivity index (χ2n) is 6.48. The average Bonchev–Trinajstić information content (AvgIpc) is 3.32. The Morgan fingerprint density at radius 2 is 2.07 bits per heavy atom. The van der Waals surface area contributed by atoms with Gasteiger partial charge in [0, 0.05) is 22.5 Å². The summed E-state index contributed by atoms with van der Waals surface area (Å²) in [6.07, 6.45) is 1.60. The van der Waals surface area contributed by atoms with Crippen LogP contribution in [-0.4, -0.2) is 21.9 Å². The molecule has 1 aromatic carbocycles. The van der Waals surface area contributed by atoms with E-state index in [1.807, 2.05) is 55.7 Å². The Kier molecular flexibility index (Phi) is 4.86. The molecule has 4 aromatic rings. The van der Waals surface area contributed by atoms with Crippen molar-refractivity contribution in [2.24, 2.45) is 0 Å². The van der Waals surface area contributed by atoms with Gasteiger partial charge in [-0.25, -0.2) is 4.98 Å². The maximum atomic E-state index is 12.7. The summed E-state index contributed by atoms with van der Waals surface area (Å²) in [5.74, 6) is 1.33. The molecule has 3 heterocycles. The molecule has 7 heteroatoms. The fourth-order valence-electron chi connectivity index (χ4n) is 3.00. The zero-order valence-corrected chi connectivity index (χ0v) is 16.5. The molecule has 27 heavy (non-hydrogen) atoms. The van der Waals surface area contributed by atoms with Gasteiger partial charge in [-0.05, 0) is 43.8 Å². The molecule has 5 nitrogen and oxygen atoms in total. The van der Waals surface area contributed by atoms with E-state index in [0.717, 1.165) is 22.7 Å². The Morgan fingerprint density at radius 3 is 2.78 bits per heavy atom. The van der Waals surface area contributed by atoms with Crippen molar-refractivity contribution in [1.29, 1.82) is 0 Å². The lowest BCUT2D eigenvalue weighted by atomic mass is 10.1. The summed E-state index contributed by atoms with van der Waals surface area (Å²) in [7, 11) is 2.01. The third-order valence-corrected chi connectivity index (χ3v) is 5.78. The maximum Gasteiger partial charge on any atom is 0.260 e. The van der Waals surface area contributed by atoms with Crippen LogP contribution in [0.5, 0.6) is 0 Å². The average molecular weight is 400 g/mol. The summed E-state index contributed by atoms with van der Waals surface area (Å²) >= 11 is 7.40. The van der Waals surface area contributed by atoms with Crippen molar-refractivity contribution >= 4 is 33.2 Å². The van der Waals surface area contributed by atoms with Gasteiger partial charge in [0.15, 0.2) is 0 Å². The summed E-state index contributed by atoms with van der Waals surface area (Å²) in [4.78, 5) is 23.2. The maximum absolute atomic E-state index is 12.7. The van der Waals surface area contributed by atoms with E-state index in [4.69, 9.17) is 21.0 Å². The highest BCUT2D eigenvalue weighted by atomic mass is 35.5. The standard InChI is InChI=1S/C20H18ClN3O2S/c1-12(24(2)10-13-5-7-14(21)8-6-13)18-22-19(25)17-15(11-27-20(17)23-18)16-4-3-9-26-16/h3-9,11-12H,10H2,1-2H3,(H,22,23,25)/t12-/m0/s1. The van der Waals surface area contributed by atoms with Crippen LogP contribution in [0.25, 0.3) is 21.5 Å². The molecule has 3 aromatic heterocycles. The molecule has 138 valence electrons. The van der Waals surface area contributed by atoms with Crippen molar-refractivity contribution < 1.29 is 4.42 Å². The molecular weight excluding hydrogens is 382 g/mol. The summed E-state index contributed by atoms with van der Waals surface area (Å²) in [6, 6.07) is 11.4. The van der Waals surface area contributed by atoms with E-state index in [9.17, 15) is 4.79 Å². The number of nitrogens with zero attached hydrogens (tertiary/aromatic N) is 2. The molecule has 1 atom stereocenters. The Balaban J connectivity index is 1.63. The van der Waals surface area contributed by atoms with Crippen LogP contribution in [0.2, 0.25) is 5.02 Å². The Bertz CT molecular complexity index is 1120. The van der Waals surface area contributed by atoms with E-state index >= 15 is 0 Å². The smallest absolute Gasteiger partial charge is 0.260 e. The van der Waals surface area contributed by atoms with Gasteiger partial charge in [-0.3, -0.25) is 9.69 Å².